The number of aromatic nitrogens is 4. The van der Waals surface area contributed by atoms with E-state index in [0.29, 0.717) is 40.6 Å². The van der Waals surface area contributed by atoms with Crippen LogP contribution in [0.25, 0.3) is 28.3 Å². The molecule has 0 atom stereocenters. The minimum absolute atomic E-state index is 0.204. The van der Waals surface area contributed by atoms with E-state index < -0.39 is 0 Å². The molecule has 6 aromatic rings. The third kappa shape index (κ3) is 4.32. The normalized spacial score (nSPS) is 11.1. The average molecular weight is 461 g/mol. The first-order chi connectivity index (χ1) is 17.2. The van der Waals surface area contributed by atoms with E-state index in [4.69, 9.17) is 9.15 Å². The van der Waals surface area contributed by atoms with E-state index in [9.17, 15) is 4.79 Å². The van der Waals surface area contributed by atoms with Crippen molar-refractivity contribution in [2.75, 3.05) is 0 Å². The summed E-state index contributed by atoms with van der Waals surface area (Å²) < 4.78 is 13.5. The molecular formula is C27H19N5O3. The molecule has 1 N–H and O–H groups in total. The number of hydrogen-bond acceptors (Lipinski definition) is 6. The average Bonchev–Trinajstić information content (AvgIpc) is 3.54. The van der Waals surface area contributed by atoms with E-state index in [1.54, 1.807) is 23.0 Å². The van der Waals surface area contributed by atoms with Crippen molar-refractivity contribution in [3.8, 4) is 23.0 Å². The first-order valence-corrected chi connectivity index (χ1v) is 11.0. The molecule has 3 aromatic heterocycles. The van der Waals surface area contributed by atoms with Crippen LogP contribution >= 0.6 is 0 Å². The predicted molar refractivity (Wildman–Crippen MR) is 130 cm³/mol. The van der Waals surface area contributed by atoms with Crippen LogP contribution in [0, 0.1) is 0 Å². The number of rotatable bonds is 6. The van der Waals surface area contributed by atoms with Gasteiger partial charge in [-0.3, -0.25) is 9.20 Å². The number of amides is 1. The molecule has 1 amide bonds. The Balaban J connectivity index is 1.13. The van der Waals surface area contributed by atoms with Crippen LogP contribution in [0.4, 0.5) is 0 Å². The van der Waals surface area contributed by atoms with Crippen molar-refractivity contribution in [2.24, 2.45) is 0 Å². The van der Waals surface area contributed by atoms with Crippen LogP contribution in [-0.2, 0) is 6.54 Å². The fourth-order valence-electron chi connectivity index (χ4n) is 3.70. The number of ether oxygens (including phenoxy) is 1. The highest BCUT2D eigenvalue weighted by molar-refractivity contribution is 5.93. The van der Waals surface area contributed by atoms with Gasteiger partial charge >= 0.3 is 0 Å². The maximum Gasteiger partial charge on any atom is 0.254 e. The monoisotopic (exact) mass is 461 g/mol. The Morgan fingerprint density at radius 2 is 1.83 bits per heavy atom. The lowest BCUT2D eigenvalue weighted by atomic mass is 10.1. The second-order valence-corrected chi connectivity index (χ2v) is 7.92. The van der Waals surface area contributed by atoms with Gasteiger partial charge in [0.05, 0.1) is 5.56 Å². The molecule has 0 unspecified atom stereocenters. The van der Waals surface area contributed by atoms with Crippen LogP contribution in [0.15, 0.2) is 102 Å². The molecule has 0 saturated heterocycles. The first-order valence-electron chi connectivity index (χ1n) is 11.0. The molecule has 0 bridgehead atoms. The molecule has 170 valence electrons. The molecule has 0 spiro atoms. The first kappa shape index (κ1) is 20.6. The van der Waals surface area contributed by atoms with Crippen molar-refractivity contribution in [3.63, 3.8) is 0 Å². The van der Waals surface area contributed by atoms with E-state index in [2.05, 4.69) is 20.3 Å². The van der Waals surface area contributed by atoms with Crippen LogP contribution in [0.5, 0.6) is 11.5 Å². The Kier molecular flexibility index (Phi) is 5.16. The summed E-state index contributed by atoms with van der Waals surface area (Å²) in [6.07, 6.45) is 6.61. The Hall–Kier alpha value is -4.98. The molecule has 3 aromatic carbocycles. The van der Waals surface area contributed by atoms with Crippen LogP contribution in [0.1, 0.15) is 15.9 Å². The third-order valence-corrected chi connectivity index (χ3v) is 5.50. The van der Waals surface area contributed by atoms with Crippen molar-refractivity contribution < 1.29 is 13.9 Å². The number of imidazole rings is 1. The zero-order valence-corrected chi connectivity index (χ0v) is 18.5. The molecule has 0 aliphatic rings. The van der Waals surface area contributed by atoms with E-state index in [1.165, 1.54) is 6.20 Å². The fraction of sp³-hybridized carbons (Fsp3) is 0.0370. The Bertz CT molecular complexity index is 1640. The number of benzene rings is 3. The standard InChI is InChI=1S/C27H19N5O3/c33-25(20-16-30-27-28-12-13-32(27)17-20)29-15-18-6-8-19(9-7-18)26-31-23-14-22(10-11-24(23)35-26)34-21-4-2-1-3-5-21/h1-14,16-17H,15H2,(H,29,33). The summed E-state index contributed by atoms with van der Waals surface area (Å²) in [5.74, 6) is 2.32. The highest BCUT2D eigenvalue weighted by Gasteiger charge is 2.11. The maximum absolute atomic E-state index is 12.5. The zero-order valence-electron chi connectivity index (χ0n) is 18.5. The van der Waals surface area contributed by atoms with Gasteiger partial charge in [-0.25, -0.2) is 15.0 Å². The summed E-state index contributed by atoms with van der Waals surface area (Å²) in [6, 6.07) is 22.9. The third-order valence-electron chi connectivity index (χ3n) is 5.50. The lowest BCUT2D eigenvalue weighted by Crippen LogP contribution is -2.23. The van der Waals surface area contributed by atoms with Crippen molar-refractivity contribution in [3.05, 3.63) is 109 Å². The molecule has 8 heteroatoms. The Labute approximate surface area is 199 Å². The van der Waals surface area contributed by atoms with E-state index in [-0.39, 0.29) is 5.91 Å². The minimum atomic E-state index is -0.204. The number of nitrogens with zero attached hydrogens (tertiary/aromatic N) is 4. The molecule has 3 heterocycles. The second kappa shape index (κ2) is 8.75. The lowest BCUT2D eigenvalue weighted by molar-refractivity contribution is 0.0950. The van der Waals surface area contributed by atoms with Gasteiger partial charge in [-0.05, 0) is 42.0 Å². The van der Waals surface area contributed by atoms with Crippen molar-refractivity contribution in [2.45, 2.75) is 6.54 Å². The molecule has 35 heavy (non-hydrogen) atoms. The zero-order chi connectivity index (χ0) is 23.6. The van der Waals surface area contributed by atoms with Gasteiger partial charge in [-0.1, -0.05) is 30.3 Å². The van der Waals surface area contributed by atoms with Crippen LogP contribution in [-0.4, -0.2) is 25.3 Å². The maximum atomic E-state index is 12.5. The van der Waals surface area contributed by atoms with Crippen molar-refractivity contribution in [1.29, 1.82) is 0 Å². The van der Waals surface area contributed by atoms with E-state index >= 15 is 0 Å². The second-order valence-electron chi connectivity index (χ2n) is 7.92. The predicted octanol–water partition coefficient (Wildman–Crippen LogP) is 5.26. The van der Waals surface area contributed by atoms with E-state index in [1.807, 2.05) is 72.8 Å². The summed E-state index contributed by atoms with van der Waals surface area (Å²) in [4.78, 5) is 25.4. The highest BCUT2D eigenvalue weighted by atomic mass is 16.5. The van der Waals surface area contributed by atoms with Crippen molar-refractivity contribution in [1.82, 2.24) is 24.7 Å². The van der Waals surface area contributed by atoms with Crippen LogP contribution < -0.4 is 10.1 Å². The largest absolute Gasteiger partial charge is 0.457 e. The lowest BCUT2D eigenvalue weighted by Gasteiger charge is -2.06. The summed E-state index contributed by atoms with van der Waals surface area (Å²) in [7, 11) is 0. The Morgan fingerprint density at radius 3 is 2.69 bits per heavy atom. The van der Waals surface area contributed by atoms with E-state index in [0.717, 1.165) is 16.9 Å². The topological polar surface area (TPSA) is 94.5 Å². The van der Waals surface area contributed by atoms with Gasteiger partial charge in [-0.15, -0.1) is 0 Å². The number of carbonyl (C=O) groups is 1. The number of fused-ring (bicyclic) bond motifs is 2. The molecule has 8 nitrogen and oxygen atoms in total. The van der Waals surface area contributed by atoms with Gasteiger partial charge in [0.2, 0.25) is 11.7 Å². The molecular weight excluding hydrogens is 442 g/mol. The molecule has 0 fully saturated rings. The van der Waals surface area contributed by atoms with Gasteiger partial charge in [0.1, 0.15) is 17.0 Å². The molecule has 6 rings (SSSR count). The SMILES string of the molecule is O=C(NCc1ccc(-c2nc3cc(Oc4ccccc4)ccc3o2)cc1)c1cnc2nccn2c1. The summed E-state index contributed by atoms with van der Waals surface area (Å²) in [5.41, 5.74) is 3.66. The molecule has 0 saturated carbocycles. The van der Waals surface area contributed by atoms with Crippen molar-refractivity contribution >= 4 is 22.8 Å². The fourth-order valence-corrected chi connectivity index (χ4v) is 3.70. The molecule has 0 aliphatic heterocycles. The van der Waals surface area contributed by atoms with Gasteiger partial charge in [0.15, 0.2) is 5.58 Å². The van der Waals surface area contributed by atoms with Gasteiger partial charge in [-0.2, -0.15) is 0 Å². The van der Waals surface area contributed by atoms with Crippen LogP contribution in [0.3, 0.4) is 0 Å². The van der Waals surface area contributed by atoms with Gasteiger partial charge in [0, 0.05) is 43.0 Å². The summed E-state index contributed by atoms with van der Waals surface area (Å²) >= 11 is 0. The number of carbonyl (C=O) groups excluding carboxylic acids is 1. The smallest absolute Gasteiger partial charge is 0.254 e. The molecule has 0 aliphatic carbocycles. The quantitative estimate of drug-likeness (QED) is 0.364. The molecule has 0 radical (unpaired) electrons. The highest BCUT2D eigenvalue weighted by Crippen LogP contribution is 2.29. The number of nitrogens with one attached hydrogen (secondary N) is 1. The van der Waals surface area contributed by atoms with Gasteiger partial charge < -0.3 is 14.5 Å². The minimum Gasteiger partial charge on any atom is -0.457 e. The Morgan fingerprint density at radius 1 is 0.971 bits per heavy atom. The van der Waals surface area contributed by atoms with Gasteiger partial charge in [0.25, 0.3) is 5.91 Å². The summed E-state index contributed by atoms with van der Waals surface area (Å²) in [6.45, 7) is 0.384. The number of hydrogen-bond donors (Lipinski definition) is 1. The number of para-hydroxylation sites is 1. The number of oxazole rings is 1. The summed E-state index contributed by atoms with van der Waals surface area (Å²) in [5, 5.41) is 2.91. The van der Waals surface area contributed by atoms with Crippen LogP contribution in [0.2, 0.25) is 0 Å².